The smallest absolute Gasteiger partial charge is 0.292 e. The number of nitrogens with one attached hydrogen (secondary N) is 1. The van der Waals surface area contributed by atoms with Gasteiger partial charge in [-0.2, -0.15) is 0 Å². The first-order valence-corrected chi connectivity index (χ1v) is 9.95. The van der Waals surface area contributed by atoms with Crippen molar-refractivity contribution >= 4 is 17.3 Å². The molecule has 1 heterocycles. The topological polar surface area (TPSA) is 93.9 Å². The molecule has 8 heteroatoms. The van der Waals surface area contributed by atoms with Gasteiger partial charge in [-0.3, -0.25) is 14.9 Å². The van der Waals surface area contributed by atoms with Gasteiger partial charge in [0.05, 0.1) is 25.2 Å². The Kier molecular flexibility index (Phi) is 6.76. The Hall–Kier alpha value is -3.29. The van der Waals surface area contributed by atoms with Crippen molar-refractivity contribution in [1.82, 2.24) is 5.32 Å². The Bertz CT molecular complexity index is 909. The van der Waals surface area contributed by atoms with E-state index in [0.29, 0.717) is 43.1 Å². The summed E-state index contributed by atoms with van der Waals surface area (Å²) in [5.74, 6) is 1.14. The van der Waals surface area contributed by atoms with Crippen LogP contribution in [-0.4, -0.2) is 38.1 Å². The minimum atomic E-state index is -0.362. The molecular formula is C22H27N3O5. The summed E-state index contributed by atoms with van der Waals surface area (Å²) in [5, 5.41) is 14.4. The molecule has 1 aliphatic heterocycles. The van der Waals surface area contributed by atoms with E-state index in [2.05, 4.69) is 5.32 Å². The molecule has 0 bridgehead atoms. The summed E-state index contributed by atoms with van der Waals surface area (Å²) < 4.78 is 10.6. The molecule has 0 spiro atoms. The number of carbonyl (C=O) groups is 1. The van der Waals surface area contributed by atoms with Crippen molar-refractivity contribution in [2.24, 2.45) is 5.92 Å². The van der Waals surface area contributed by atoms with Crippen LogP contribution in [0.25, 0.3) is 0 Å². The highest BCUT2D eigenvalue weighted by Crippen LogP contribution is 2.32. The molecule has 0 radical (unpaired) electrons. The number of methoxy groups -OCH3 is 2. The molecule has 0 aliphatic carbocycles. The maximum absolute atomic E-state index is 12.8. The van der Waals surface area contributed by atoms with E-state index in [4.69, 9.17) is 9.47 Å². The first-order chi connectivity index (χ1) is 14.4. The van der Waals surface area contributed by atoms with E-state index in [9.17, 15) is 14.9 Å². The Morgan fingerprint density at radius 3 is 2.43 bits per heavy atom. The molecule has 0 aromatic heterocycles. The highest BCUT2D eigenvalue weighted by molar-refractivity contribution is 5.79. The van der Waals surface area contributed by atoms with Crippen LogP contribution in [0.2, 0.25) is 0 Å². The van der Waals surface area contributed by atoms with Crippen LogP contribution in [-0.2, 0) is 4.79 Å². The number of nitro benzene ring substituents is 1. The van der Waals surface area contributed by atoms with Gasteiger partial charge in [0.2, 0.25) is 5.91 Å². The van der Waals surface area contributed by atoms with Gasteiger partial charge in [0.15, 0.2) is 11.5 Å². The number of hydrogen-bond donors (Lipinski definition) is 1. The second kappa shape index (κ2) is 9.47. The third-order valence-electron chi connectivity index (χ3n) is 5.55. The maximum Gasteiger partial charge on any atom is 0.292 e. The van der Waals surface area contributed by atoms with Gasteiger partial charge in [-0.05, 0) is 43.5 Å². The highest BCUT2D eigenvalue weighted by Gasteiger charge is 2.28. The normalized spacial score (nSPS) is 15.4. The highest BCUT2D eigenvalue weighted by atomic mass is 16.6. The second-order valence-electron chi connectivity index (χ2n) is 7.35. The maximum atomic E-state index is 12.8. The van der Waals surface area contributed by atoms with Gasteiger partial charge in [0.25, 0.3) is 5.69 Å². The molecule has 3 rings (SSSR count). The molecule has 1 aliphatic rings. The van der Waals surface area contributed by atoms with Crippen molar-refractivity contribution in [3.8, 4) is 11.5 Å². The van der Waals surface area contributed by atoms with Crippen LogP contribution in [0.1, 0.15) is 31.4 Å². The Labute approximate surface area is 175 Å². The number of ether oxygens (including phenoxy) is 2. The molecule has 2 aromatic carbocycles. The molecule has 2 aromatic rings. The lowest BCUT2D eigenvalue weighted by atomic mass is 9.94. The van der Waals surface area contributed by atoms with Crippen molar-refractivity contribution in [2.75, 3.05) is 32.2 Å². The molecule has 1 fully saturated rings. The van der Waals surface area contributed by atoms with Crippen LogP contribution in [0.15, 0.2) is 42.5 Å². The predicted octanol–water partition coefficient (Wildman–Crippen LogP) is 3.71. The standard InChI is InChI=1S/C22H27N3O5/c1-15(17-8-9-20(29-2)21(14-17)30-3)23-22(26)16-10-12-24(13-11-16)18-6-4-5-7-19(18)25(27)28/h4-9,14-16H,10-13H2,1-3H3,(H,23,26). The molecule has 8 nitrogen and oxygen atoms in total. The lowest BCUT2D eigenvalue weighted by Crippen LogP contribution is -2.41. The Balaban J connectivity index is 1.60. The summed E-state index contributed by atoms with van der Waals surface area (Å²) in [6, 6.07) is 12.2. The summed E-state index contributed by atoms with van der Waals surface area (Å²) in [6.45, 7) is 3.14. The predicted molar refractivity (Wildman–Crippen MR) is 114 cm³/mol. The van der Waals surface area contributed by atoms with Crippen molar-refractivity contribution in [2.45, 2.75) is 25.8 Å². The summed E-state index contributed by atoms with van der Waals surface area (Å²) >= 11 is 0. The van der Waals surface area contributed by atoms with E-state index < -0.39 is 0 Å². The summed E-state index contributed by atoms with van der Waals surface area (Å²) in [7, 11) is 3.16. The third kappa shape index (κ3) is 4.64. The zero-order valence-electron chi connectivity index (χ0n) is 17.5. The van der Waals surface area contributed by atoms with Gasteiger partial charge in [-0.25, -0.2) is 0 Å². The minimum Gasteiger partial charge on any atom is -0.493 e. The Morgan fingerprint density at radius 1 is 1.13 bits per heavy atom. The van der Waals surface area contributed by atoms with Gasteiger partial charge in [-0.1, -0.05) is 18.2 Å². The van der Waals surface area contributed by atoms with Crippen LogP contribution >= 0.6 is 0 Å². The molecule has 0 saturated carbocycles. The quantitative estimate of drug-likeness (QED) is 0.549. The van der Waals surface area contributed by atoms with E-state index in [1.165, 1.54) is 6.07 Å². The fourth-order valence-electron chi connectivity index (χ4n) is 3.81. The molecule has 1 amide bonds. The average Bonchev–Trinajstić information content (AvgIpc) is 2.78. The van der Waals surface area contributed by atoms with E-state index in [0.717, 1.165) is 5.56 Å². The van der Waals surface area contributed by atoms with E-state index >= 15 is 0 Å². The zero-order chi connectivity index (χ0) is 21.7. The molecule has 1 saturated heterocycles. The van der Waals surface area contributed by atoms with Crippen molar-refractivity contribution in [3.05, 3.63) is 58.1 Å². The van der Waals surface area contributed by atoms with Crippen LogP contribution in [0.5, 0.6) is 11.5 Å². The van der Waals surface area contributed by atoms with Gasteiger partial charge in [0.1, 0.15) is 5.69 Å². The fourth-order valence-corrected chi connectivity index (χ4v) is 3.81. The second-order valence-corrected chi connectivity index (χ2v) is 7.35. The van der Waals surface area contributed by atoms with E-state index in [-0.39, 0.29) is 28.5 Å². The van der Waals surface area contributed by atoms with Crippen LogP contribution in [0.3, 0.4) is 0 Å². The van der Waals surface area contributed by atoms with Gasteiger partial charge in [-0.15, -0.1) is 0 Å². The number of amides is 1. The molecule has 1 unspecified atom stereocenters. The first-order valence-electron chi connectivity index (χ1n) is 9.95. The molecule has 1 atom stereocenters. The van der Waals surface area contributed by atoms with Crippen molar-refractivity contribution in [3.63, 3.8) is 0 Å². The number of nitrogens with zero attached hydrogens (tertiary/aromatic N) is 2. The molecule has 30 heavy (non-hydrogen) atoms. The summed E-state index contributed by atoms with van der Waals surface area (Å²) in [4.78, 5) is 25.7. The Morgan fingerprint density at radius 2 is 1.80 bits per heavy atom. The SMILES string of the molecule is COc1ccc(C(C)NC(=O)C2CCN(c3ccccc3[N+](=O)[O-])CC2)cc1OC. The monoisotopic (exact) mass is 413 g/mol. The van der Waals surface area contributed by atoms with Crippen LogP contribution < -0.4 is 19.7 Å². The zero-order valence-corrected chi connectivity index (χ0v) is 17.5. The fraction of sp³-hybridized carbons (Fsp3) is 0.409. The average molecular weight is 413 g/mol. The summed E-state index contributed by atoms with van der Waals surface area (Å²) in [5.41, 5.74) is 1.64. The van der Waals surface area contributed by atoms with Crippen LogP contribution in [0.4, 0.5) is 11.4 Å². The molecule has 160 valence electrons. The lowest BCUT2D eigenvalue weighted by Gasteiger charge is -2.33. The van der Waals surface area contributed by atoms with Crippen LogP contribution in [0, 0.1) is 16.0 Å². The number of piperidine rings is 1. The number of carbonyl (C=O) groups excluding carboxylic acids is 1. The minimum absolute atomic E-state index is 0.000466. The largest absolute Gasteiger partial charge is 0.493 e. The summed E-state index contributed by atoms with van der Waals surface area (Å²) in [6.07, 6.45) is 1.30. The third-order valence-corrected chi connectivity index (χ3v) is 5.55. The number of rotatable bonds is 7. The number of nitro groups is 1. The van der Waals surface area contributed by atoms with Crippen molar-refractivity contribution in [1.29, 1.82) is 0 Å². The van der Waals surface area contributed by atoms with E-state index in [1.54, 1.807) is 32.4 Å². The number of para-hydroxylation sites is 2. The van der Waals surface area contributed by atoms with Gasteiger partial charge >= 0.3 is 0 Å². The van der Waals surface area contributed by atoms with E-state index in [1.807, 2.05) is 30.0 Å². The first kappa shape index (κ1) is 21.4. The molecule has 1 N–H and O–H groups in total. The number of anilines is 1. The van der Waals surface area contributed by atoms with Gasteiger partial charge < -0.3 is 19.7 Å². The number of hydrogen-bond acceptors (Lipinski definition) is 6. The number of benzene rings is 2. The van der Waals surface area contributed by atoms with Crippen molar-refractivity contribution < 1.29 is 19.2 Å². The molecular weight excluding hydrogens is 386 g/mol. The lowest BCUT2D eigenvalue weighted by molar-refractivity contribution is -0.384. The van der Waals surface area contributed by atoms with Gasteiger partial charge in [0, 0.05) is 25.1 Å².